The van der Waals surface area contributed by atoms with Crippen molar-refractivity contribution in [2.24, 2.45) is 0 Å². The molecule has 2 aromatic carbocycles. The van der Waals surface area contributed by atoms with Gasteiger partial charge in [-0.1, -0.05) is 73.5 Å². The largest absolute Gasteiger partial charge is 0.0619 e. The number of fused-ring (bicyclic) bond motifs is 4. The lowest BCUT2D eigenvalue weighted by Gasteiger charge is -2.32. The molecule has 2 aliphatic carbocycles. The first kappa shape index (κ1) is 11.0. The molecule has 0 nitrogen and oxygen atoms in total. The van der Waals surface area contributed by atoms with Crippen LogP contribution >= 0.6 is 0 Å². The lowest BCUT2D eigenvalue weighted by atomic mass is 9.71. The molecule has 0 atom stereocenters. The summed E-state index contributed by atoms with van der Waals surface area (Å²) in [6.07, 6.45) is 9.87. The van der Waals surface area contributed by atoms with Gasteiger partial charge in [-0.15, -0.1) is 0 Å². The van der Waals surface area contributed by atoms with Crippen LogP contribution in [0, 0.1) is 0 Å². The van der Waals surface area contributed by atoms with E-state index in [2.05, 4.69) is 60.7 Å². The fourth-order valence-corrected chi connectivity index (χ4v) is 4.00. The summed E-state index contributed by atoms with van der Waals surface area (Å²) in [6.45, 7) is 0. The Morgan fingerprint density at radius 1 is 0.632 bits per heavy atom. The van der Waals surface area contributed by atoms with Crippen molar-refractivity contribution in [1.82, 2.24) is 0 Å². The quantitative estimate of drug-likeness (QED) is 0.611. The molecule has 1 saturated carbocycles. The fraction of sp³-hybridized carbons (Fsp3) is 0.263. The lowest BCUT2D eigenvalue weighted by Crippen LogP contribution is -2.25. The van der Waals surface area contributed by atoms with E-state index in [0.29, 0.717) is 0 Å². The zero-order chi connectivity index (χ0) is 12.7. The molecule has 2 aromatic rings. The molecule has 0 radical (unpaired) electrons. The molecule has 4 rings (SSSR count). The molecule has 0 heterocycles. The molecule has 1 spiro atoms. The molecule has 0 unspecified atom stereocenters. The lowest BCUT2D eigenvalue weighted by molar-refractivity contribution is 0.534. The third-order valence-electron chi connectivity index (χ3n) is 4.85. The summed E-state index contributed by atoms with van der Waals surface area (Å²) in [5.41, 5.74) is 6.14. The van der Waals surface area contributed by atoms with E-state index in [1.54, 1.807) is 0 Å². The topological polar surface area (TPSA) is 0 Å². The van der Waals surface area contributed by atoms with Crippen molar-refractivity contribution in [3.63, 3.8) is 0 Å². The van der Waals surface area contributed by atoms with Crippen LogP contribution in [0.1, 0.15) is 47.9 Å². The first-order valence-electron chi connectivity index (χ1n) is 7.27. The Hall–Kier alpha value is -1.82. The van der Waals surface area contributed by atoms with Gasteiger partial charge in [-0.3, -0.25) is 0 Å². The van der Waals surface area contributed by atoms with Crippen LogP contribution in [0.25, 0.3) is 12.2 Å². The average molecular weight is 246 g/mol. The van der Waals surface area contributed by atoms with Gasteiger partial charge < -0.3 is 0 Å². The summed E-state index contributed by atoms with van der Waals surface area (Å²) < 4.78 is 0. The molecule has 0 aliphatic heterocycles. The van der Waals surface area contributed by atoms with Crippen LogP contribution in [0.4, 0.5) is 0 Å². The van der Waals surface area contributed by atoms with Gasteiger partial charge in [0, 0.05) is 5.41 Å². The molecule has 0 bridgehead atoms. The SMILES string of the molecule is C1=Cc2ccccc2C2(CCCC2)c2ccccc21. The van der Waals surface area contributed by atoms with E-state index in [-0.39, 0.29) is 5.41 Å². The van der Waals surface area contributed by atoms with Crippen LogP contribution in [0.2, 0.25) is 0 Å². The van der Waals surface area contributed by atoms with Crippen LogP contribution in [0.15, 0.2) is 48.5 Å². The maximum Gasteiger partial charge on any atom is 0.0214 e. The number of hydrogen-bond donors (Lipinski definition) is 0. The normalized spacial score (nSPS) is 18.9. The second-order valence-corrected chi connectivity index (χ2v) is 5.80. The van der Waals surface area contributed by atoms with Crippen LogP contribution < -0.4 is 0 Å². The van der Waals surface area contributed by atoms with Crippen molar-refractivity contribution in [3.05, 3.63) is 70.8 Å². The molecule has 0 saturated heterocycles. The Morgan fingerprint density at radius 3 is 1.63 bits per heavy atom. The number of hydrogen-bond acceptors (Lipinski definition) is 0. The molecule has 1 fully saturated rings. The third kappa shape index (κ3) is 1.53. The highest BCUT2D eigenvalue weighted by Gasteiger charge is 2.40. The number of rotatable bonds is 0. The van der Waals surface area contributed by atoms with E-state index < -0.39 is 0 Å². The summed E-state index contributed by atoms with van der Waals surface area (Å²) in [6, 6.07) is 17.9. The summed E-state index contributed by atoms with van der Waals surface area (Å²) in [7, 11) is 0. The molecule has 19 heavy (non-hydrogen) atoms. The minimum Gasteiger partial charge on any atom is -0.0619 e. The highest BCUT2D eigenvalue weighted by molar-refractivity contribution is 5.77. The Bertz CT molecular complexity index is 591. The van der Waals surface area contributed by atoms with E-state index in [0.717, 1.165) is 0 Å². The highest BCUT2D eigenvalue weighted by Crippen LogP contribution is 2.50. The second kappa shape index (κ2) is 4.09. The third-order valence-corrected chi connectivity index (χ3v) is 4.85. The van der Waals surface area contributed by atoms with Crippen molar-refractivity contribution in [3.8, 4) is 0 Å². The van der Waals surface area contributed by atoms with E-state index in [4.69, 9.17) is 0 Å². The van der Waals surface area contributed by atoms with Gasteiger partial charge in [0.2, 0.25) is 0 Å². The second-order valence-electron chi connectivity index (χ2n) is 5.80. The molecule has 2 aliphatic rings. The minimum atomic E-state index is 0.261. The predicted octanol–water partition coefficient (Wildman–Crippen LogP) is 5.03. The molecule has 0 heteroatoms. The average Bonchev–Trinajstić information content (AvgIpc) is 2.91. The van der Waals surface area contributed by atoms with Gasteiger partial charge in [-0.05, 0) is 35.1 Å². The maximum atomic E-state index is 2.34. The minimum absolute atomic E-state index is 0.261. The fourth-order valence-electron chi connectivity index (χ4n) is 4.00. The summed E-state index contributed by atoms with van der Waals surface area (Å²) in [4.78, 5) is 0. The molecule has 94 valence electrons. The molecule has 0 amide bonds. The monoisotopic (exact) mass is 246 g/mol. The van der Waals surface area contributed by atoms with Crippen LogP contribution in [0.5, 0.6) is 0 Å². The number of benzene rings is 2. The van der Waals surface area contributed by atoms with Gasteiger partial charge in [0.05, 0.1) is 0 Å². The van der Waals surface area contributed by atoms with Gasteiger partial charge in [0.1, 0.15) is 0 Å². The van der Waals surface area contributed by atoms with Crippen molar-refractivity contribution in [2.75, 3.05) is 0 Å². The Morgan fingerprint density at radius 2 is 1.11 bits per heavy atom. The van der Waals surface area contributed by atoms with Gasteiger partial charge in [0.25, 0.3) is 0 Å². The standard InChI is InChI=1S/C19H18/c1-3-9-17-15(7-1)11-12-16-8-2-4-10-18(16)19(17)13-5-6-14-19/h1-4,7-12H,5-6,13-14H2. The van der Waals surface area contributed by atoms with Gasteiger partial charge in [0.15, 0.2) is 0 Å². The van der Waals surface area contributed by atoms with Crippen molar-refractivity contribution in [1.29, 1.82) is 0 Å². The van der Waals surface area contributed by atoms with Crippen molar-refractivity contribution < 1.29 is 0 Å². The van der Waals surface area contributed by atoms with E-state index >= 15 is 0 Å². The van der Waals surface area contributed by atoms with Crippen molar-refractivity contribution >= 4 is 12.2 Å². The smallest absolute Gasteiger partial charge is 0.0214 e. The Balaban J connectivity index is 2.06. The van der Waals surface area contributed by atoms with E-state index in [9.17, 15) is 0 Å². The zero-order valence-electron chi connectivity index (χ0n) is 11.1. The van der Waals surface area contributed by atoms with Gasteiger partial charge in [-0.2, -0.15) is 0 Å². The predicted molar refractivity (Wildman–Crippen MR) is 81.1 cm³/mol. The van der Waals surface area contributed by atoms with E-state index in [1.807, 2.05) is 0 Å². The highest BCUT2D eigenvalue weighted by atomic mass is 14.4. The van der Waals surface area contributed by atoms with Crippen LogP contribution in [-0.2, 0) is 5.41 Å². The van der Waals surface area contributed by atoms with Gasteiger partial charge >= 0.3 is 0 Å². The summed E-state index contributed by atoms with van der Waals surface area (Å²) in [5.74, 6) is 0. The Kier molecular flexibility index (Phi) is 2.38. The zero-order valence-corrected chi connectivity index (χ0v) is 11.1. The van der Waals surface area contributed by atoms with Crippen molar-refractivity contribution in [2.45, 2.75) is 31.1 Å². The molecule has 0 aromatic heterocycles. The van der Waals surface area contributed by atoms with E-state index in [1.165, 1.54) is 47.9 Å². The Labute approximate surface area is 114 Å². The molecule has 0 N–H and O–H groups in total. The van der Waals surface area contributed by atoms with Crippen LogP contribution in [-0.4, -0.2) is 0 Å². The molecular weight excluding hydrogens is 228 g/mol. The van der Waals surface area contributed by atoms with Gasteiger partial charge in [-0.25, -0.2) is 0 Å². The summed E-state index contributed by atoms with van der Waals surface area (Å²) in [5, 5.41) is 0. The first-order valence-corrected chi connectivity index (χ1v) is 7.27. The van der Waals surface area contributed by atoms with Crippen LogP contribution in [0.3, 0.4) is 0 Å². The first-order chi connectivity index (χ1) is 9.40. The summed E-state index contributed by atoms with van der Waals surface area (Å²) >= 11 is 0. The maximum absolute atomic E-state index is 2.34. The molecular formula is C19H18.